The number of anilines is 2. The van der Waals surface area contributed by atoms with E-state index in [9.17, 15) is 9.59 Å². The van der Waals surface area contributed by atoms with E-state index < -0.39 is 5.97 Å². The molecular weight excluding hydrogens is 390 g/mol. The van der Waals surface area contributed by atoms with Crippen molar-refractivity contribution in [3.8, 4) is 0 Å². The molecule has 8 nitrogen and oxygen atoms in total. The first-order chi connectivity index (χ1) is 14.0. The van der Waals surface area contributed by atoms with Gasteiger partial charge in [0, 0.05) is 11.4 Å². The molecule has 3 aromatic rings. The van der Waals surface area contributed by atoms with Crippen molar-refractivity contribution in [1.82, 2.24) is 15.2 Å². The van der Waals surface area contributed by atoms with Crippen LogP contribution in [0.2, 0.25) is 0 Å². The van der Waals surface area contributed by atoms with Gasteiger partial charge in [-0.25, -0.2) is 9.78 Å². The van der Waals surface area contributed by atoms with Gasteiger partial charge in [-0.3, -0.25) is 9.89 Å². The lowest BCUT2D eigenvalue weighted by molar-refractivity contribution is -0.113. The van der Waals surface area contributed by atoms with E-state index in [1.165, 1.54) is 24.4 Å². The molecule has 0 aliphatic rings. The molecule has 0 spiro atoms. The van der Waals surface area contributed by atoms with Crippen LogP contribution in [-0.2, 0) is 16.1 Å². The van der Waals surface area contributed by atoms with E-state index in [0.29, 0.717) is 28.8 Å². The molecule has 0 fully saturated rings. The number of aromatic amines is 1. The fourth-order valence-electron chi connectivity index (χ4n) is 2.41. The second kappa shape index (κ2) is 9.74. The van der Waals surface area contributed by atoms with Crippen molar-refractivity contribution in [3.63, 3.8) is 0 Å². The van der Waals surface area contributed by atoms with Crippen LogP contribution < -0.4 is 10.6 Å². The lowest BCUT2D eigenvalue weighted by Crippen LogP contribution is -2.14. The Morgan fingerprint density at radius 2 is 1.76 bits per heavy atom. The van der Waals surface area contributed by atoms with E-state index in [2.05, 4.69) is 30.6 Å². The summed E-state index contributed by atoms with van der Waals surface area (Å²) in [7, 11) is 1.32. The summed E-state index contributed by atoms with van der Waals surface area (Å²) in [4.78, 5) is 27.9. The van der Waals surface area contributed by atoms with Crippen LogP contribution in [0.3, 0.4) is 0 Å². The third-order valence-corrected chi connectivity index (χ3v) is 4.79. The molecular formula is C20H21N5O3S. The Balaban J connectivity index is 1.44. The normalized spacial score (nSPS) is 10.4. The average Bonchev–Trinajstić information content (AvgIpc) is 3.20. The average molecular weight is 411 g/mol. The first-order valence-corrected chi connectivity index (χ1v) is 9.85. The summed E-state index contributed by atoms with van der Waals surface area (Å²) in [6, 6.07) is 14.6. The number of aryl methyl sites for hydroxylation is 1. The van der Waals surface area contributed by atoms with Gasteiger partial charge in [0.05, 0.1) is 25.0 Å². The number of aromatic nitrogens is 3. The second-order valence-electron chi connectivity index (χ2n) is 6.19. The number of benzene rings is 2. The summed E-state index contributed by atoms with van der Waals surface area (Å²) < 4.78 is 4.64. The van der Waals surface area contributed by atoms with Gasteiger partial charge in [0.1, 0.15) is 5.82 Å². The van der Waals surface area contributed by atoms with Gasteiger partial charge >= 0.3 is 5.97 Å². The van der Waals surface area contributed by atoms with Gasteiger partial charge in [-0.15, -0.1) is 5.10 Å². The molecule has 3 rings (SSSR count). The third-order valence-electron chi connectivity index (χ3n) is 3.94. The van der Waals surface area contributed by atoms with Crippen LogP contribution in [-0.4, -0.2) is 39.9 Å². The highest BCUT2D eigenvalue weighted by atomic mass is 32.2. The molecule has 1 aromatic heterocycles. The molecule has 1 amide bonds. The van der Waals surface area contributed by atoms with Crippen LogP contribution in [0, 0.1) is 6.92 Å². The van der Waals surface area contributed by atoms with Gasteiger partial charge in [-0.2, -0.15) is 0 Å². The number of hydrogen-bond acceptors (Lipinski definition) is 7. The maximum Gasteiger partial charge on any atom is 0.337 e. The van der Waals surface area contributed by atoms with Crippen molar-refractivity contribution < 1.29 is 14.3 Å². The first kappa shape index (κ1) is 20.4. The number of methoxy groups -OCH3 is 1. The van der Waals surface area contributed by atoms with E-state index >= 15 is 0 Å². The van der Waals surface area contributed by atoms with Gasteiger partial charge in [0.15, 0.2) is 0 Å². The van der Waals surface area contributed by atoms with Gasteiger partial charge < -0.3 is 15.4 Å². The van der Waals surface area contributed by atoms with Crippen molar-refractivity contribution in [1.29, 1.82) is 0 Å². The smallest absolute Gasteiger partial charge is 0.337 e. The number of H-pyrrole nitrogens is 1. The largest absolute Gasteiger partial charge is 0.465 e. The van der Waals surface area contributed by atoms with Crippen LogP contribution in [0.25, 0.3) is 0 Å². The van der Waals surface area contributed by atoms with Gasteiger partial charge in [0.25, 0.3) is 0 Å². The minimum Gasteiger partial charge on any atom is -0.465 e. The molecule has 0 atom stereocenters. The standard InChI is InChI=1S/C20H21N5O3S/c1-13-3-7-15(8-4-13)21-11-17-23-20(25-24-17)29-12-18(26)22-16-9-5-14(6-10-16)19(27)28-2/h3-10,21H,11-12H2,1-2H3,(H,22,26)(H,23,24,25). The lowest BCUT2D eigenvalue weighted by atomic mass is 10.2. The zero-order chi connectivity index (χ0) is 20.6. The fourth-order valence-corrected chi connectivity index (χ4v) is 3.03. The van der Waals surface area contributed by atoms with Crippen LogP contribution in [0.5, 0.6) is 0 Å². The Morgan fingerprint density at radius 1 is 1.07 bits per heavy atom. The number of rotatable bonds is 8. The summed E-state index contributed by atoms with van der Waals surface area (Å²) in [5.41, 5.74) is 3.22. The highest BCUT2D eigenvalue weighted by molar-refractivity contribution is 7.99. The fraction of sp³-hybridized carbons (Fsp3) is 0.200. The van der Waals surface area contributed by atoms with Crippen LogP contribution in [0.4, 0.5) is 11.4 Å². The number of amides is 1. The van der Waals surface area contributed by atoms with Crippen molar-refractivity contribution in [2.24, 2.45) is 0 Å². The Hall–Kier alpha value is -3.33. The lowest BCUT2D eigenvalue weighted by Gasteiger charge is -2.05. The predicted octanol–water partition coefficient (Wildman–Crippen LogP) is 3.24. The quantitative estimate of drug-likeness (QED) is 0.386. The third kappa shape index (κ3) is 6.08. The molecule has 9 heteroatoms. The summed E-state index contributed by atoms with van der Waals surface area (Å²) in [5.74, 6) is 0.245. The van der Waals surface area contributed by atoms with Crippen molar-refractivity contribution in [2.45, 2.75) is 18.6 Å². The number of carbonyl (C=O) groups is 2. The molecule has 2 aromatic carbocycles. The summed E-state index contributed by atoms with van der Waals surface area (Å²) in [5, 5.41) is 13.5. The highest BCUT2D eigenvalue weighted by Crippen LogP contribution is 2.15. The maximum atomic E-state index is 12.1. The topological polar surface area (TPSA) is 109 Å². The molecule has 0 saturated heterocycles. The Morgan fingerprint density at radius 3 is 2.45 bits per heavy atom. The predicted molar refractivity (Wildman–Crippen MR) is 112 cm³/mol. The number of nitrogens with zero attached hydrogens (tertiary/aromatic N) is 2. The first-order valence-electron chi connectivity index (χ1n) is 8.86. The number of nitrogens with one attached hydrogen (secondary N) is 3. The maximum absolute atomic E-state index is 12.1. The van der Waals surface area contributed by atoms with E-state index in [-0.39, 0.29) is 11.7 Å². The summed E-state index contributed by atoms with van der Waals surface area (Å²) in [6.45, 7) is 2.55. The van der Waals surface area contributed by atoms with E-state index in [1.54, 1.807) is 24.3 Å². The molecule has 0 radical (unpaired) electrons. The number of hydrogen-bond donors (Lipinski definition) is 3. The monoisotopic (exact) mass is 411 g/mol. The molecule has 29 heavy (non-hydrogen) atoms. The van der Waals surface area contributed by atoms with Crippen LogP contribution in [0.1, 0.15) is 21.7 Å². The Bertz CT molecular complexity index is 971. The van der Waals surface area contributed by atoms with Gasteiger partial charge in [0.2, 0.25) is 11.1 Å². The zero-order valence-corrected chi connectivity index (χ0v) is 16.9. The second-order valence-corrected chi connectivity index (χ2v) is 7.13. The van der Waals surface area contributed by atoms with Crippen molar-refractivity contribution in [3.05, 3.63) is 65.5 Å². The summed E-state index contributed by atoms with van der Waals surface area (Å²) >= 11 is 1.24. The summed E-state index contributed by atoms with van der Waals surface area (Å²) in [6.07, 6.45) is 0. The molecule has 0 aliphatic heterocycles. The Labute approximate surface area is 172 Å². The molecule has 3 N–H and O–H groups in total. The van der Waals surface area contributed by atoms with Crippen LogP contribution in [0.15, 0.2) is 53.7 Å². The molecule has 0 unspecified atom stereocenters. The van der Waals surface area contributed by atoms with Crippen molar-refractivity contribution >= 4 is 35.0 Å². The number of ether oxygens (including phenoxy) is 1. The Kier molecular flexibility index (Phi) is 6.85. The van der Waals surface area contributed by atoms with Crippen LogP contribution >= 0.6 is 11.8 Å². The number of esters is 1. The molecule has 0 bridgehead atoms. The SMILES string of the molecule is COC(=O)c1ccc(NC(=O)CSc2n[nH]c(CNc3ccc(C)cc3)n2)cc1. The van der Waals surface area contributed by atoms with Gasteiger partial charge in [-0.05, 0) is 43.3 Å². The minimum absolute atomic E-state index is 0.168. The number of thioether (sulfide) groups is 1. The van der Waals surface area contributed by atoms with E-state index in [1.807, 2.05) is 31.2 Å². The molecule has 1 heterocycles. The zero-order valence-electron chi connectivity index (χ0n) is 16.1. The highest BCUT2D eigenvalue weighted by Gasteiger charge is 2.09. The molecule has 150 valence electrons. The van der Waals surface area contributed by atoms with E-state index in [4.69, 9.17) is 0 Å². The van der Waals surface area contributed by atoms with Crippen molar-refractivity contribution in [2.75, 3.05) is 23.5 Å². The van der Waals surface area contributed by atoms with Gasteiger partial charge in [-0.1, -0.05) is 29.5 Å². The van der Waals surface area contributed by atoms with E-state index in [0.717, 1.165) is 5.69 Å². The number of carbonyl (C=O) groups excluding carboxylic acids is 2. The minimum atomic E-state index is -0.421. The molecule has 0 aliphatic carbocycles. The molecule has 0 saturated carbocycles.